The first-order valence-corrected chi connectivity index (χ1v) is 5.66. The standard InChI is InChI=1S/C12H20N2O3/c1-12(2,3)14-11(16)13-7-6-9(15)10-5-4-8-17-10/h4-5,8-9,15H,6-7H2,1-3H3,(H2,13,14,16). The van der Waals surface area contributed by atoms with Gasteiger partial charge in [0.2, 0.25) is 0 Å². The predicted octanol–water partition coefficient (Wildman–Crippen LogP) is 1.80. The molecule has 1 atom stereocenters. The zero-order valence-corrected chi connectivity index (χ0v) is 10.5. The Bertz CT molecular complexity index is 341. The number of carbonyl (C=O) groups excluding carboxylic acids is 1. The Morgan fingerprint density at radius 1 is 1.53 bits per heavy atom. The zero-order chi connectivity index (χ0) is 12.9. The van der Waals surface area contributed by atoms with Gasteiger partial charge in [0.15, 0.2) is 0 Å². The highest BCUT2D eigenvalue weighted by Crippen LogP contribution is 2.15. The Morgan fingerprint density at radius 2 is 2.24 bits per heavy atom. The second-order valence-electron chi connectivity index (χ2n) is 4.95. The van der Waals surface area contributed by atoms with Crippen molar-refractivity contribution in [2.24, 2.45) is 0 Å². The molecule has 1 aromatic rings. The van der Waals surface area contributed by atoms with Crippen LogP contribution in [0, 0.1) is 0 Å². The van der Waals surface area contributed by atoms with Gasteiger partial charge in [0.1, 0.15) is 11.9 Å². The van der Waals surface area contributed by atoms with Gasteiger partial charge in [0.25, 0.3) is 0 Å². The first-order valence-electron chi connectivity index (χ1n) is 5.66. The maximum Gasteiger partial charge on any atom is 0.315 e. The van der Waals surface area contributed by atoms with Crippen LogP contribution in [0.1, 0.15) is 39.1 Å². The highest BCUT2D eigenvalue weighted by atomic mass is 16.4. The van der Waals surface area contributed by atoms with Crippen LogP contribution < -0.4 is 10.6 Å². The third kappa shape index (κ3) is 5.40. The van der Waals surface area contributed by atoms with Crippen LogP contribution >= 0.6 is 0 Å². The number of rotatable bonds is 4. The lowest BCUT2D eigenvalue weighted by Gasteiger charge is -2.21. The first-order chi connectivity index (χ1) is 7.88. The third-order valence-corrected chi connectivity index (χ3v) is 2.06. The summed E-state index contributed by atoms with van der Waals surface area (Å²) in [4.78, 5) is 11.4. The Hall–Kier alpha value is -1.49. The van der Waals surface area contributed by atoms with E-state index in [2.05, 4.69) is 10.6 Å². The summed E-state index contributed by atoms with van der Waals surface area (Å²) >= 11 is 0. The van der Waals surface area contributed by atoms with Crippen LogP contribution in [-0.2, 0) is 0 Å². The molecule has 5 heteroatoms. The topological polar surface area (TPSA) is 74.5 Å². The molecule has 17 heavy (non-hydrogen) atoms. The van der Waals surface area contributed by atoms with Gasteiger partial charge in [-0.05, 0) is 39.3 Å². The minimum Gasteiger partial charge on any atom is -0.467 e. The maximum atomic E-state index is 11.4. The normalized spacial score (nSPS) is 13.2. The molecule has 0 fully saturated rings. The molecule has 0 aromatic carbocycles. The molecule has 1 unspecified atom stereocenters. The smallest absolute Gasteiger partial charge is 0.315 e. The van der Waals surface area contributed by atoms with Crippen molar-refractivity contribution in [2.75, 3.05) is 6.54 Å². The van der Waals surface area contributed by atoms with Gasteiger partial charge in [-0.3, -0.25) is 0 Å². The van der Waals surface area contributed by atoms with Gasteiger partial charge in [-0.15, -0.1) is 0 Å². The summed E-state index contributed by atoms with van der Waals surface area (Å²) in [5.41, 5.74) is -0.260. The number of carbonyl (C=O) groups is 1. The van der Waals surface area contributed by atoms with Gasteiger partial charge in [-0.25, -0.2) is 4.79 Å². The van der Waals surface area contributed by atoms with E-state index in [1.54, 1.807) is 12.1 Å². The average molecular weight is 240 g/mol. The zero-order valence-electron chi connectivity index (χ0n) is 10.5. The molecule has 0 aliphatic carbocycles. The van der Waals surface area contributed by atoms with Crippen LogP contribution in [0.15, 0.2) is 22.8 Å². The predicted molar refractivity (Wildman–Crippen MR) is 64.6 cm³/mol. The molecule has 2 amide bonds. The summed E-state index contributed by atoms with van der Waals surface area (Å²) in [6.45, 7) is 6.11. The quantitative estimate of drug-likeness (QED) is 0.751. The van der Waals surface area contributed by atoms with Gasteiger partial charge in [0, 0.05) is 12.1 Å². The number of hydrogen-bond acceptors (Lipinski definition) is 3. The molecule has 0 radical (unpaired) electrons. The van der Waals surface area contributed by atoms with Crippen LogP contribution in [0.5, 0.6) is 0 Å². The highest BCUT2D eigenvalue weighted by Gasteiger charge is 2.14. The molecular weight excluding hydrogens is 220 g/mol. The molecule has 0 aliphatic heterocycles. The summed E-state index contributed by atoms with van der Waals surface area (Å²) in [6, 6.07) is 3.20. The van der Waals surface area contributed by atoms with Crippen molar-refractivity contribution in [3.63, 3.8) is 0 Å². The van der Waals surface area contributed by atoms with Gasteiger partial charge in [0.05, 0.1) is 6.26 Å². The van der Waals surface area contributed by atoms with E-state index < -0.39 is 6.10 Å². The molecule has 1 heterocycles. The summed E-state index contributed by atoms with van der Waals surface area (Å²) < 4.78 is 5.06. The van der Waals surface area contributed by atoms with Gasteiger partial charge >= 0.3 is 6.03 Å². The van der Waals surface area contributed by atoms with E-state index >= 15 is 0 Å². The molecule has 0 saturated carbocycles. The lowest BCUT2D eigenvalue weighted by Crippen LogP contribution is -2.46. The number of hydrogen-bond donors (Lipinski definition) is 3. The number of aliphatic hydroxyl groups excluding tert-OH is 1. The summed E-state index contributed by atoms with van der Waals surface area (Å²) in [5.74, 6) is 0.517. The number of urea groups is 1. The lowest BCUT2D eigenvalue weighted by atomic mass is 10.1. The SMILES string of the molecule is CC(C)(C)NC(=O)NCCC(O)c1ccco1. The van der Waals surface area contributed by atoms with Crippen molar-refractivity contribution >= 4 is 6.03 Å². The van der Waals surface area contributed by atoms with Crippen molar-refractivity contribution in [1.82, 2.24) is 10.6 Å². The Morgan fingerprint density at radius 3 is 2.76 bits per heavy atom. The molecule has 0 bridgehead atoms. The van der Waals surface area contributed by atoms with E-state index in [4.69, 9.17) is 4.42 Å². The van der Waals surface area contributed by atoms with E-state index in [1.165, 1.54) is 6.26 Å². The van der Waals surface area contributed by atoms with Crippen LogP contribution in [0.3, 0.4) is 0 Å². The van der Waals surface area contributed by atoms with E-state index in [1.807, 2.05) is 20.8 Å². The highest BCUT2D eigenvalue weighted by molar-refractivity contribution is 5.74. The minimum absolute atomic E-state index is 0.232. The monoisotopic (exact) mass is 240 g/mol. The van der Waals surface area contributed by atoms with E-state index in [-0.39, 0.29) is 11.6 Å². The van der Waals surface area contributed by atoms with Crippen molar-refractivity contribution in [3.05, 3.63) is 24.2 Å². The van der Waals surface area contributed by atoms with E-state index in [0.29, 0.717) is 18.7 Å². The number of furan rings is 1. The molecule has 5 nitrogen and oxygen atoms in total. The molecule has 0 aliphatic rings. The first kappa shape index (κ1) is 13.6. The maximum absolute atomic E-state index is 11.4. The molecule has 3 N–H and O–H groups in total. The van der Waals surface area contributed by atoms with Crippen LogP contribution in [0.25, 0.3) is 0 Å². The second-order valence-corrected chi connectivity index (χ2v) is 4.95. The van der Waals surface area contributed by atoms with Crippen LogP contribution in [0.4, 0.5) is 4.79 Å². The molecule has 1 rings (SSSR count). The van der Waals surface area contributed by atoms with Crippen molar-refractivity contribution in [1.29, 1.82) is 0 Å². The fourth-order valence-corrected chi connectivity index (χ4v) is 1.33. The van der Waals surface area contributed by atoms with Gasteiger partial charge in [-0.1, -0.05) is 0 Å². The second kappa shape index (κ2) is 5.72. The molecule has 0 spiro atoms. The van der Waals surface area contributed by atoms with E-state index in [9.17, 15) is 9.90 Å². The number of aliphatic hydroxyl groups is 1. The Kier molecular flexibility index (Phi) is 4.57. The lowest BCUT2D eigenvalue weighted by molar-refractivity contribution is 0.140. The molecular formula is C12H20N2O3. The summed E-state index contributed by atoms with van der Waals surface area (Å²) in [5, 5.41) is 15.1. The molecule has 1 aromatic heterocycles. The summed E-state index contributed by atoms with van der Waals surface area (Å²) in [7, 11) is 0. The van der Waals surface area contributed by atoms with Crippen LogP contribution in [0.2, 0.25) is 0 Å². The fourth-order valence-electron chi connectivity index (χ4n) is 1.33. The van der Waals surface area contributed by atoms with E-state index in [0.717, 1.165) is 0 Å². The van der Waals surface area contributed by atoms with Crippen LogP contribution in [-0.4, -0.2) is 23.2 Å². The van der Waals surface area contributed by atoms with Crippen molar-refractivity contribution in [2.45, 2.75) is 38.8 Å². The fraction of sp³-hybridized carbons (Fsp3) is 0.583. The largest absolute Gasteiger partial charge is 0.467 e. The molecule has 96 valence electrons. The van der Waals surface area contributed by atoms with Crippen molar-refractivity contribution < 1.29 is 14.3 Å². The minimum atomic E-state index is -0.681. The van der Waals surface area contributed by atoms with Gasteiger partial charge < -0.3 is 20.2 Å². The Labute approximate surface area is 101 Å². The Balaban J connectivity index is 2.22. The number of nitrogens with one attached hydrogen (secondary N) is 2. The third-order valence-electron chi connectivity index (χ3n) is 2.06. The molecule has 0 saturated heterocycles. The van der Waals surface area contributed by atoms with Crippen molar-refractivity contribution in [3.8, 4) is 0 Å². The number of amides is 2. The average Bonchev–Trinajstić information content (AvgIpc) is 2.66. The van der Waals surface area contributed by atoms with Gasteiger partial charge in [-0.2, -0.15) is 0 Å². The summed E-state index contributed by atoms with van der Waals surface area (Å²) in [6.07, 6.45) is 1.25.